The number of benzene rings is 1. The van der Waals surface area contributed by atoms with Crippen LogP contribution in [0.2, 0.25) is 0 Å². The lowest BCUT2D eigenvalue weighted by molar-refractivity contribution is 0.0696. The van der Waals surface area contributed by atoms with Gasteiger partial charge in [0, 0.05) is 18.4 Å². The predicted molar refractivity (Wildman–Crippen MR) is 98.1 cm³/mol. The Morgan fingerprint density at radius 1 is 1.04 bits per heavy atom. The van der Waals surface area contributed by atoms with Crippen molar-refractivity contribution in [3.63, 3.8) is 0 Å². The van der Waals surface area contributed by atoms with E-state index in [0.29, 0.717) is 11.3 Å². The third-order valence-electron chi connectivity index (χ3n) is 5.17. The van der Waals surface area contributed by atoms with Gasteiger partial charge < -0.3 is 9.67 Å². The van der Waals surface area contributed by atoms with Crippen LogP contribution < -0.4 is 5.56 Å². The summed E-state index contributed by atoms with van der Waals surface area (Å²) in [7, 11) is 0. The number of aromatic nitrogens is 3. The lowest BCUT2D eigenvalue weighted by Crippen LogP contribution is -2.17. The van der Waals surface area contributed by atoms with Crippen LogP contribution in [-0.2, 0) is 0 Å². The first-order chi connectivity index (χ1) is 12.6. The van der Waals surface area contributed by atoms with Crippen LogP contribution in [0.1, 0.15) is 54.9 Å². The summed E-state index contributed by atoms with van der Waals surface area (Å²) >= 11 is 0. The van der Waals surface area contributed by atoms with E-state index in [0.717, 1.165) is 25.7 Å². The molecule has 6 nitrogen and oxygen atoms in total. The molecule has 6 heteroatoms. The monoisotopic (exact) mass is 351 g/mol. The van der Waals surface area contributed by atoms with Gasteiger partial charge in [-0.15, -0.1) is 0 Å². The molecule has 1 aliphatic carbocycles. The molecule has 1 fully saturated rings. The molecule has 0 bridgehead atoms. The summed E-state index contributed by atoms with van der Waals surface area (Å²) in [4.78, 5) is 24.7. The highest BCUT2D eigenvalue weighted by Gasteiger charge is 2.26. The number of carbonyl (C=O) groups is 1. The maximum atomic E-state index is 12.9. The van der Waals surface area contributed by atoms with Crippen molar-refractivity contribution < 1.29 is 9.90 Å². The number of nitrogens with zero attached hydrogens (tertiary/aromatic N) is 3. The van der Waals surface area contributed by atoms with E-state index in [4.69, 9.17) is 0 Å². The van der Waals surface area contributed by atoms with E-state index in [1.165, 1.54) is 17.5 Å². The number of aromatic carboxylic acids is 1. The highest BCUT2D eigenvalue weighted by molar-refractivity contribution is 5.94. The van der Waals surface area contributed by atoms with Gasteiger partial charge in [0.2, 0.25) is 0 Å². The van der Waals surface area contributed by atoms with Gasteiger partial charge in [-0.2, -0.15) is 9.78 Å². The second-order valence-electron chi connectivity index (χ2n) is 6.88. The zero-order valence-electron chi connectivity index (χ0n) is 14.5. The number of para-hydroxylation sites is 1. The van der Waals surface area contributed by atoms with Gasteiger partial charge in [-0.3, -0.25) is 4.79 Å². The van der Waals surface area contributed by atoms with E-state index in [2.05, 4.69) is 5.10 Å². The zero-order chi connectivity index (χ0) is 18.1. The van der Waals surface area contributed by atoms with Gasteiger partial charge in [0.25, 0.3) is 5.56 Å². The Balaban J connectivity index is 1.89. The number of fused-ring (bicyclic) bond motifs is 1. The van der Waals surface area contributed by atoms with Crippen LogP contribution >= 0.6 is 0 Å². The molecule has 2 heterocycles. The number of pyridine rings is 1. The van der Waals surface area contributed by atoms with Crippen LogP contribution in [0.3, 0.4) is 0 Å². The maximum Gasteiger partial charge on any atom is 0.339 e. The van der Waals surface area contributed by atoms with E-state index in [9.17, 15) is 14.7 Å². The van der Waals surface area contributed by atoms with Crippen molar-refractivity contribution in [2.45, 2.75) is 44.6 Å². The Hall–Kier alpha value is -2.89. The Morgan fingerprint density at radius 2 is 1.73 bits per heavy atom. The summed E-state index contributed by atoms with van der Waals surface area (Å²) in [5, 5.41) is 14.0. The minimum absolute atomic E-state index is 0.0820. The summed E-state index contributed by atoms with van der Waals surface area (Å²) in [5.74, 6) is -1.06. The van der Waals surface area contributed by atoms with Crippen LogP contribution in [0, 0.1) is 0 Å². The smallest absolute Gasteiger partial charge is 0.339 e. The van der Waals surface area contributed by atoms with Crippen molar-refractivity contribution in [1.82, 2.24) is 14.3 Å². The third-order valence-corrected chi connectivity index (χ3v) is 5.17. The second-order valence-corrected chi connectivity index (χ2v) is 6.88. The van der Waals surface area contributed by atoms with Crippen LogP contribution in [0.25, 0.3) is 16.9 Å². The Labute approximate surface area is 151 Å². The lowest BCUT2D eigenvalue weighted by Gasteiger charge is -2.20. The molecular formula is C20H21N3O3. The molecule has 0 unspecified atom stereocenters. The fourth-order valence-corrected chi connectivity index (χ4v) is 3.79. The predicted octanol–water partition coefficient (Wildman–Crippen LogP) is 3.73. The summed E-state index contributed by atoms with van der Waals surface area (Å²) in [5.41, 5.74) is 1.04. The second kappa shape index (κ2) is 6.78. The van der Waals surface area contributed by atoms with E-state index in [1.54, 1.807) is 24.5 Å². The molecule has 4 rings (SSSR count). The molecule has 1 aromatic carbocycles. The zero-order valence-corrected chi connectivity index (χ0v) is 14.5. The standard InChI is InChI=1S/C20H21N3O3/c24-19-16-12-22(14-8-4-1-2-5-9-14)13-17(20(25)26)18(16)21-23(19)15-10-6-3-7-11-15/h3,6-7,10-14H,1-2,4-5,8-9H2,(H,25,26). The first-order valence-electron chi connectivity index (χ1n) is 9.08. The first kappa shape index (κ1) is 16.6. The quantitative estimate of drug-likeness (QED) is 0.729. The van der Waals surface area contributed by atoms with Crippen molar-refractivity contribution in [3.8, 4) is 16.9 Å². The molecule has 3 aliphatic rings. The molecule has 1 N–H and O–H groups in total. The third kappa shape index (κ3) is 2.92. The van der Waals surface area contributed by atoms with Gasteiger partial charge in [-0.25, -0.2) is 4.79 Å². The molecule has 0 atom stereocenters. The molecule has 0 aromatic heterocycles. The van der Waals surface area contributed by atoms with Crippen molar-refractivity contribution in [3.05, 3.63) is 58.6 Å². The Kier molecular flexibility index (Phi) is 4.32. The van der Waals surface area contributed by atoms with E-state index < -0.39 is 5.97 Å². The molecule has 0 spiro atoms. The van der Waals surface area contributed by atoms with Crippen LogP contribution in [-0.4, -0.2) is 25.4 Å². The summed E-state index contributed by atoms with van der Waals surface area (Å²) < 4.78 is 3.21. The SMILES string of the molecule is O=C(O)c1cn(C2CCCCCC2)cc2c(=O)n(-c3ccccc3)nc1-2. The van der Waals surface area contributed by atoms with Gasteiger partial charge in [0.1, 0.15) is 11.3 Å². The van der Waals surface area contributed by atoms with E-state index in [-0.39, 0.29) is 22.9 Å². The average molecular weight is 351 g/mol. The molecule has 0 saturated heterocycles. The summed E-state index contributed by atoms with van der Waals surface area (Å²) in [6, 6.07) is 9.31. The topological polar surface area (TPSA) is 77.1 Å². The fourth-order valence-electron chi connectivity index (χ4n) is 3.79. The summed E-state index contributed by atoms with van der Waals surface area (Å²) in [6.45, 7) is 0. The number of rotatable bonds is 3. The van der Waals surface area contributed by atoms with Crippen molar-refractivity contribution in [1.29, 1.82) is 0 Å². The molecule has 0 radical (unpaired) electrons. The Bertz CT molecular complexity index is 950. The van der Waals surface area contributed by atoms with Crippen molar-refractivity contribution in [2.24, 2.45) is 0 Å². The van der Waals surface area contributed by atoms with E-state index in [1.807, 2.05) is 22.8 Å². The molecule has 0 amide bonds. The number of carboxylic acids is 1. The fraction of sp³-hybridized carbons (Fsp3) is 0.350. The van der Waals surface area contributed by atoms with Crippen molar-refractivity contribution >= 4 is 5.97 Å². The number of hydrogen-bond acceptors (Lipinski definition) is 3. The average Bonchev–Trinajstić information content (AvgIpc) is 2.84. The molecule has 134 valence electrons. The minimum Gasteiger partial charge on any atom is -0.478 e. The largest absolute Gasteiger partial charge is 0.478 e. The van der Waals surface area contributed by atoms with Crippen LogP contribution in [0.4, 0.5) is 0 Å². The van der Waals surface area contributed by atoms with Gasteiger partial charge in [0.15, 0.2) is 0 Å². The van der Waals surface area contributed by atoms with Gasteiger partial charge in [-0.1, -0.05) is 43.9 Å². The molecule has 1 aromatic rings. The van der Waals surface area contributed by atoms with Crippen molar-refractivity contribution in [2.75, 3.05) is 0 Å². The lowest BCUT2D eigenvalue weighted by atomic mass is 10.1. The number of hydrogen-bond donors (Lipinski definition) is 1. The van der Waals surface area contributed by atoms with E-state index >= 15 is 0 Å². The van der Waals surface area contributed by atoms with Gasteiger partial charge in [-0.05, 0) is 25.0 Å². The van der Waals surface area contributed by atoms with Crippen LogP contribution in [0.15, 0.2) is 47.5 Å². The maximum absolute atomic E-state index is 12.9. The molecule has 2 aliphatic heterocycles. The highest BCUT2D eigenvalue weighted by atomic mass is 16.4. The highest BCUT2D eigenvalue weighted by Crippen LogP contribution is 2.30. The minimum atomic E-state index is -1.06. The van der Waals surface area contributed by atoms with Gasteiger partial charge in [0.05, 0.1) is 11.3 Å². The molecule has 26 heavy (non-hydrogen) atoms. The normalized spacial score (nSPS) is 15.8. The number of carboxylic acid groups (broad SMARTS) is 1. The molecule has 1 saturated carbocycles. The molecular weight excluding hydrogens is 330 g/mol. The van der Waals surface area contributed by atoms with Gasteiger partial charge >= 0.3 is 5.97 Å². The Morgan fingerprint density at radius 3 is 2.38 bits per heavy atom. The summed E-state index contributed by atoms with van der Waals surface area (Å²) in [6.07, 6.45) is 10.1. The first-order valence-corrected chi connectivity index (χ1v) is 9.08. The van der Waals surface area contributed by atoms with Crippen LogP contribution in [0.5, 0.6) is 0 Å².